The highest BCUT2D eigenvalue weighted by Gasteiger charge is 2.24. The number of halogens is 1. The molecule has 25 heavy (non-hydrogen) atoms. The smallest absolute Gasteiger partial charge is 0.253 e. The van der Waals surface area contributed by atoms with Gasteiger partial charge in [-0.15, -0.1) is 0 Å². The van der Waals surface area contributed by atoms with E-state index in [4.69, 9.17) is 0 Å². The van der Waals surface area contributed by atoms with Crippen molar-refractivity contribution in [1.29, 1.82) is 0 Å². The Labute approximate surface area is 150 Å². The number of H-pyrrole nitrogens is 1. The molecule has 0 spiro atoms. The number of rotatable bonds is 2. The minimum Gasteiger partial charge on any atom is -0.361 e. The summed E-state index contributed by atoms with van der Waals surface area (Å²) in [6.07, 6.45) is 2.64. The molecule has 4 rings (SSSR count). The van der Waals surface area contributed by atoms with Crippen LogP contribution in [0.3, 0.4) is 0 Å². The lowest BCUT2D eigenvalue weighted by molar-refractivity contribution is 0.0766. The van der Waals surface area contributed by atoms with Crippen molar-refractivity contribution in [2.45, 2.75) is 11.7 Å². The topological polar surface area (TPSA) is 36.1 Å². The van der Waals surface area contributed by atoms with Crippen LogP contribution in [0.2, 0.25) is 0 Å². The normalized spacial score (nSPS) is 18.3. The average molecular weight is 354 g/mol. The molecule has 1 aliphatic rings. The van der Waals surface area contributed by atoms with Crippen LogP contribution in [0.1, 0.15) is 27.6 Å². The number of aromatic amines is 1. The molecule has 5 heteroatoms. The van der Waals surface area contributed by atoms with Gasteiger partial charge < -0.3 is 9.88 Å². The number of thioether (sulfide) groups is 1. The summed E-state index contributed by atoms with van der Waals surface area (Å²) in [5.41, 5.74) is 2.49. The Balaban J connectivity index is 1.50. The zero-order valence-corrected chi connectivity index (χ0v) is 14.6. The van der Waals surface area contributed by atoms with E-state index >= 15 is 0 Å². The van der Waals surface area contributed by atoms with Crippen molar-refractivity contribution in [3.63, 3.8) is 0 Å². The Kier molecular flexibility index (Phi) is 4.49. The molecule has 2 aromatic carbocycles. The van der Waals surface area contributed by atoms with Crippen LogP contribution in [0.25, 0.3) is 10.9 Å². The summed E-state index contributed by atoms with van der Waals surface area (Å²) < 4.78 is 14.0. The first-order chi connectivity index (χ1) is 12.2. The van der Waals surface area contributed by atoms with Crippen LogP contribution in [-0.2, 0) is 0 Å². The maximum Gasteiger partial charge on any atom is 0.253 e. The van der Waals surface area contributed by atoms with E-state index in [0.717, 1.165) is 28.6 Å². The van der Waals surface area contributed by atoms with Crippen LogP contribution in [0.15, 0.2) is 54.7 Å². The van der Waals surface area contributed by atoms with Gasteiger partial charge in [-0.05, 0) is 36.8 Å². The molecule has 0 aliphatic carbocycles. The minimum absolute atomic E-state index is 0.0536. The first-order valence-electron chi connectivity index (χ1n) is 8.45. The Morgan fingerprint density at radius 2 is 2.04 bits per heavy atom. The molecule has 1 saturated heterocycles. The van der Waals surface area contributed by atoms with Crippen LogP contribution >= 0.6 is 11.8 Å². The average Bonchev–Trinajstić information content (AvgIpc) is 2.97. The van der Waals surface area contributed by atoms with Gasteiger partial charge in [0, 0.05) is 52.3 Å². The standard InChI is InChI=1S/C20H19FN2OS/c21-17-4-2-1-3-16(17)19-8-10-23(11-12-25-19)20(24)15-5-6-18-14(13-15)7-9-22-18/h1-7,9,13,19,22H,8,10-12H2. The van der Waals surface area contributed by atoms with Crippen LogP contribution in [-0.4, -0.2) is 34.6 Å². The monoisotopic (exact) mass is 354 g/mol. The molecule has 1 unspecified atom stereocenters. The Bertz CT molecular complexity index is 907. The van der Waals surface area contributed by atoms with E-state index in [2.05, 4.69) is 4.98 Å². The van der Waals surface area contributed by atoms with Gasteiger partial charge in [0.1, 0.15) is 5.82 Å². The molecule has 3 aromatic rings. The van der Waals surface area contributed by atoms with E-state index in [9.17, 15) is 9.18 Å². The molecule has 0 saturated carbocycles. The highest BCUT2D eigenvalue weighted by Crippen LogP contribution is 2.35. The maximum absolute atomic E-state index is 14.0. The molecule has 1 atom stereocenters. The lowest BCUT2D eigenvalue weighted by atomic mass is 10.1. The van der Waals surface area contributed by atoms with E-state index in [0.29, 0.717) is 18.7 Å². The fourth-order valence-electron chi connectivity index (χ4n) is 3.33. The number of benzene rings is 2. The van der Waals surface area contributed by atoms with Gasteiger partial charge in [0.15, 0.2) is 0 Å². The summed E-state index contributed by atoms with van der Waals surface area (Å²) in [5, 5.41) is 1.14. The first-order valence-corrected chi connectivity index (χ1v) is 9.50. The summed E-state index contributed by atoms with van der Waals surface area (Å²) in [5.74, 6) is 0.715. The predicted molar refractivity (Wildman–Crippen MR) is 100 cm³/mol. The summed E-state index contributed by atoms with van der Waals surface area (Å²) in [4.78, 5) is 17.9. The fourth-order valence-corrected chi connectivity index (χ4v) is 4.58. The Morgan fingerprint density at radius 3 is 2.92 bits per heavy atom. The molecule has 3 nitrogen and oxygen atoms in total. The number of hydrogen-bond donors (Lipinski definition) is 1. The van der Waals surface area contributed by atoms with Crippen molar-refractivity contribution in [2.75, 3.05) is 18.8 Å². The van der Waals surface area contributed by atoms with Gasteiger partial charge in [0.25, 0.3) is 5.91 Å². The molecule has 1 amide bonds. The fraction of sp³-hybridized carbons (Fsp3) is 0.250. The second-order valence-electron chi connectivity index (χ2n) is 6.24. The van der Waals surface area contributed by atoms with Crippen LogP contribution in [0.4, 0.5) is 4.39 Å². The zero-order valence-electron chi connectivity index (χ0n) is 13.7. The van der Waals surface area contributed by atoms with Crippen LogP contribution in [0.5, 0.6) is 0 Å². The highest BCUT2D eigenvalue weighted by atomic mass is 32.2. The summed E-state index contributed by atoms with van der Waals surface area (Å²) in [7, 11) is 0. The SMILES string of the molecule is O=C(c1ccc2[nH]ccc2c1)N1CCSC(c2ccccc2F)CC1. The molecular formula is C20H19FN2OS. The van der Waals surface area contributed by atoms with E-state index in [1.54, 1.807) is 17.8 Å². The highest BCUT2D eigenvalue weighted by molar-refractivity contribution is 7.99. The third-order valence-corrected chi connectivity index (χ3v) is 5.99. The summed E-state index contributed by atoms with van der Waals surface area (Å²) in [6.45, 7) is 1.34. The van der Waals surface area contributed by atoms with Crippen molar-refractivity contribution in [3.05, 3.63) is 71.7 Å². The van der Waals surface area contributed by atoms with Crippen LogP contribution in [0, 0.1) is 5.82 Å². The first kappa shape index (κ1) is 16.2. The molecule has 1 aromatic heterocycles. The van der Waals surface area contributed by atoms with Crippen molar-refractivity contribution in [1.82, 2.24) is 9.88 Å². The van der Waals surface area contributed by atoms with Gasteiger partial charge in [-0.3, -0.25) is 4.79 Å². The number of nitrogens with zero attached hydrogens (tertiary/aromatic N) is 1. The van der Waals surface area contributed by atoms with Gasteiger partial charge in [-0.2, -0.15) is 11.8 Å². The van der Waals surface area contributed by atoms with Crippen molar-refractivity contribution in [3.8, 4) is 0 Å². The molecular weight excluding hydrogens is 335 g/mol. The van der Waals surface area contributed by atoms with Gasteiger partial charge in [-0.25, -0.2) is 4.39 Å². The number of carbonyl (C=O) groups excluding carboxylic acids is 1. The number of fused-ring (bicyclic) bond motifs is 1. The quantitative estimate of drug-likeness (QED) is 0.728. The minimum atomic E-state index is -0.155. The zero-order chi connectivity index (χ0) is 17.2. The van der Waals surface area contributed by atoms with Gasteiger partial charge in [0.2, 0.25) is 0 Å². The molecule has 0 radical (unpaired) electrons. The molecule has 1 N–H and O–H groups in total. The van der Waals surface area contributed by atoms with Crippen LogP contribution < -0.4 is 0 Å². The Hall–Kier alpha value is -2.27. The number of amides is 1. The molecule has 128 valence electrons. The van der Waals surface area contributed by atoms with E-state index in [1.165, 1.54) is 6.07 Å². The van der Waals surface area contributed by atoms with Gasteiger partial charge >= 0.3 is 0 Å². The van der Waals surface area contributed by atoms with Gasteiger partial charge in [0.05, 0.1) is 0 Å². The molecule has 2 heterocycles. The van der Waals surface area contributed by atoms with E-state index < -0.39 is 0 Å². The Morgan fingerprint density at radius 1 is 1.16 bits per heavy atom. The number of aromatic nitrogens is 1. The summed E-state index contributed by atoms with van der Waals surface area (Å²) in [6, 6.07) is 14.7. The molecule has 1 aliphatic heterocycles. The van der Waals surface area contributed by atoms with Crippen molar-refractivity contribution < 1.29 is 9.18 Å². The van der Waals surface area contributed by atoms with Crippen molar-refractivity contribution >= 4 is 28.6 Å². The maximum atomic E-state index is 14.0. The largest absolute Gasteiger partial charge is 0.361 e. The molecule has 1 fully saturated rings. The second kappa shape index (κ2) is 6.92. The predicted octanol–water partition coefficient (Wildman–Crippen LogP) is 4.63. The lowest BCUT2D eigenvalue weighted by Crippen LogP contribution is -2.32. The van der Waals surface area contributed by atoms with E-state index in [-0.39, 0.29) is 17.0 Å². The van der Waals surface area contributed by atoms with Gasteiger partial charge in [-0.1, -0.05) is 18.2 Å². The van der Waals surface area contributed by atoms with E-state index in [1.807, 2.05) is 47.5 Å². The summed E-state index contributed by atoms with van der Waals surface area (Å²) >= 11 is 1.73. The number of nitrogens with one attached hydrogen (secondary N) is 1. The lowest BCUT2D eigenvalue weighted by Gasteiger charge is -2.20. The second-order valence-corrected chi connectivity index (χ2v) is 7.55. The third-order valence-electron chi connectivity index (χ3n) is 4.68. The van der Waals surface area contributed by atoms with Crippen molar-refractivity contribution in [2.24, 2.45) is 0 Å². The number of carbonyl (C=O) groups is 1. The third kappa shape index (κ3) is 3.29. The number of hydrogen-bond acceptors (Lipinski definition) is 2. The molecule has 0 bridgehead atoms.